The number of nitrogens with zero attached hydrogens (tertiary/aromatic N) is 3. The standard InChI is InChI=1S/C15H26N4O2/c1-2-13(5-7-20)18-14-8-15(17-11-16-14)19-6-3-4-12(9-19)10-21/h8,11-13,20-21H,2-7,9-10H2,1H3,(H,16,17,18). The zero-order valence-corrected chi connectivity index (χ0v) is 12.7. The van der Waals surface area contributed by atoms with Crippen LogP contribution in [0.1, 0.15) is 32.6 Å². The molecule has 21 heavy (non-hydrogen) atoms. The van der Waals surface area contributed by atoms with Crippen molar-refractivity contribution in [3.05, 3.63) is 12.4 Å². The van der Waals surface area contributed by atoms with Gasteiger partial charge >= 0.3 is 0 Å². The molecule has 0 bridgehead atoms. The molecule has 0 amide bonds. The van der Waals surface area contributed by atoms with Gasteiger partial charge in [0.05, 0.1) is 0 Å². The molecule has 0 saturated carbocycles. The van der Waals surface area contributed by atoms with Crippen LogP contribution in [0.3, 0.4) is 0 Å². The third-order valence-corrected chi connectivity index (χ3v) is 4.08. The quantitative estimate of drug-likeness (QED) is 0.702. The first kappa shape index (κ1) is 16.0. The molecule has 2 unspecified atom stereocenters. The van der Waals surface area contributed by atoms with Crippen LogP contribution in [0.25, 0.3) is 0 Å². The van der Waals surface area contributed by atoms with E-state index in [2.05, 4.69) is 27.1 Å². The van der Waals surface area contributed by atoms with Crippen LogP contribution in [0.4, 0.5) is 11.6 Å². The van der Waals surface area contributed by atoms with Crippen LogP contribution in [0.2, 0.25) is 0 Å². The molecule has 6 nitrogen and oxygen atoms in total. The van der Waals surface area contributed by atoms with E-state index in [-0.39, 0.29) is 19.3 Å². The van der Waals surface area contributed by atoms with Gasteiger partial charge in [-0.2, -0.15) is 0 Å². The fraction of sp³-hybridized carbons (Fsp3) is 0.733. The summed E-state index contributed by atoms with van der Waals surface area (Å²) in [6.45, 7) is 4.32. The molecule has 0 radical (unpaired) electrons. The maximum Gasteiger partial charge on any atom is 0.134 e. The van der Waals surface area contributed by atoms with E-state index < -0.39 is 0 Å². The Bertz CT molecular complexity index is 430. The lowest BCUT2D eigenvalue weighted by atomic mass is 9.99. The SMILES string of the molecule is CCC(CCO)Nc1cc(N2CCCC(CO)C2)ncn1. The second-order valence-electron chi connectivity index (χ2n) is 5.66. The van der Waals surface area contributed by atoms with Crippen LogP contribution < -0.4 is 10.2 Å². The van der Waals surface area contributed by atoms with E-state index in [1.807, 2.05) is 6.07 Å². The highest BCUT2D eigenvalue weighted by Gasteiger charge is 2.20. The molecule has 118 valence electrons. The van der Waals surface area contributed by atoms with Gasteiger partial charge in [-0.25, -0.2) is 9.97 Å². The lowest BCUT2D eigenvalue weighted by molar-refractivity contribution is 0.208. The maximum atomic E-state index is 9.32. The van der Waals surface area contributed by atoms with Gasteiger partial charge in [-0.1, -0.05) is 6.92 Å². The van der Waals surface area contributed by atoms with Gasteiger partial charge in [0.1, 0.15) is 18.0 Å². The van der Waals surface area contributed by atoms with Crippen molar-refractivity contribution in [1.29, 1.82) is 0 Å². The Morgan fingerprint density at radius 2 is 2.29 bits per heavy atom. The van der Waals surface area contributed by atoms with Crippen LogP contribution in [-0.2, 0) is 0 Å². The minimum atomic E-state index is 0.174. The number of aliphatic hydroxyl groups excluding tert-OH is 2. The van der Waals surface area contributed by atoms with Crippen LogP contribution in [0.5, 0.6) is 0 Å². The molecule has 0 spiro atoms. The van der Waals surface area contributed by atoms with E-state index in [4.69, 9.17) is 5.11 Å². The number of hydrogen-bond donors (Lipinski definition) is 3. The Labute approximate surface area is 126 Å². The molecular weight excluding hydrogens is 268 g/mol. The minimum Gasteiger partial charge on any atom is -0.396 e. The molecule has 2 atom stereocenters. The second kappa shape index (κ2) is 8.14. The van der Waals surface area contributed by atoms with E-state index in [0.29, 0.717) is 12.3 Å². The highest BCUT2D eigenvalue weighted by atomic mass is 16.3. The van der Waals surface area contributed by atoms with E-state index >= 15 is 0 Å². The van der Waals surface area contributed by atoms with Gasteiger partial charge in [0.2, 0.25) is 0 Å². The highest BCUT2D eigenvalue weighted by molar-refractivity contribution is 5.49. The summed E-state index contributed by atoms with van der Waals surface area (Å²) in [4.78, 5) is 10.8. The van der Waals surface area contributed by atoms with Gasteiger partial charge in [0, 0.05) is 38.4 Å². The molecule has 1 aliphatic heterocycles. The lowest BCUT2D eigenvalue weighted by Gasteiger charge is -2.32. The molecule has 1 aromatic rings. The van der Waals surface area contributed by atoms with Crippen molar-refractivity contribution in [2.45, 2.75) is 38.6 Å². The largest absolute Gasteiger partial charge is 0.396 e. The summed E-state index contributed by atoms with van der Waals surface area (Å²) in [6.07, 6.45) is 5.39. The average Bonchev–Trinajstić information content (AvgIpc) is 2.54. The second-order valence-corrected chi connectivity index (χ2v) is 5.66. The first-order valence-corrected chi connectivity index (χ1v) is 7.82. The maximum absolute atomic E-state index is 9.32. The summed E-state index contributed by atoms with van der Waals surface area (Å²) < 4.78 is 0. The topological polar surface area (TPSA) is 81.5 Å². The van der Waals surface area contributed by atoms with Crippen molar-refractivity contribution < 1.29 is 10.2 Å². The molecule has 2 rings (SSSR count). The van der Waals surface area contributed by atoms with Crippen molar-refractivity contribution in [1.82, 2.24) is 9.97 Å². The molecule has 6 heteroatoms. The van der Waals surface area contributed by atoms with E-state index in [1.54, 1.807) is 6.33 Å². The summed E-state index contributed by atoms with van der Waals surface area (Å²) in [5.41, 5.74) is 0. The van der Waals surface area contributed by atoms with Gasteiger partial charge in [-0.3, -0.25) is 0 Å². The van der Waals surface area contributed by atoms with Crippen molar-refractivity contribution >= 4 is 11.6 Å². The third-order valence-electron chi connectivity index (χ3n) is 4.08. The molecule has 3 N–H and O–H groups in total. The molecule has 1 saturated heterocycles. The Kier molecular flexibility index (Phi) is 6.20. The first-order chi connectivity index (χ1) is 10.3. The summed E-state index contributed by atoms with van der Waals surface area (Å²) in [6, 6.07) is 2.18. The average molecular weight is 294 g/mol. The Morgan fingerprint density at radius 3 is 3.00 bits per heavy atom. The molecule has 1 aliphatic rings. The monoisotopic (exact) mass is 294 g/mol. The van der Waals surface area contributed by atoms with E-state index in [0.717, 1.165) is 44.0 Å². The van der Waals surface area contributed by atoms with Crippen molar-refractivity contribution in [2.24, 2.45) is 5.92 Å². The molecular formula is C15H26N4O2. The summed E-state index contributed by atoms with van der Waals surface area (Å²) >= 11 is 0. The smallest absolute Gasteiger partial charge is 0.134 e. The Balaban J connectivity index is 2.03. The number of anilines is 2. The number of hydrogen-bond acceptors (Lipinski definition) is 6. The fourth-order valence-corrected chi connectivity index (χ4v) is 2.76. The minimum absolute atomic E-state index is 0.174. The Morgan fingerprint density at radius 1 is 1.43 bits per heavy atom. The summed E-state index contributed by atoms with van der Waals surface area (Å²) in [7, 11) is 0. The Hall–Kier alpha value is -1.40. The van der Waals surface area contributed by atoms with Crippen LogP contribution in [0.15, 0.2) is 12.4 Å². The molecule has 0 aromatic carbocycles. The van der Waals surface area contributed by atoms with Crippen molar-refractivity contribution in [2.75, 3.05) is 36.5 Å². The molecule has 2 heterocycles. The predicted octanol–water partition coefficient (Wildman–Crippen LogP) is 1.26. The fourth-order valence-electron chi connectivity index (χ4n) is 2.76. The van der Waals surface area contributed by atoms with Crippen LogP contribution in [-0.4, -0.2) is 52.5 Å². The van der Waals surface area contributed by atoms with Crippen molar-refractivity contribution in [3.63, 3.8) is 0 Å². The zero-order chi connectivity index (χ0) is 15.1. The normalized spacial score (nSPS) is 20.3. The zero-order valence-electron chi connectivity index (χ0n) is 12.7. The highest BCUT2D eigenvalue weighted by Crippen LogP contribution is 2.22. The number of piperidine rings is 1. The third kappa shape index (κ3) is 4.54. The van der Waals surface area contributed by atoms with Gasteiger partial charge in [-0.15, -0.1) is 0 Å². The number of aromatic nitrogens is 2. The van der Waals surface area contributed by atoms with Crippen LogP contribution in [0, 0.1) is 5.92 Å². The van der Waals surface area contributed by atoms with Crippen LogP contribution >= 0.6 is 0 Å². The van der Waals surface area contributed by atoms with E-state index in [9.17, 15) is 5.11 Å². The summed E-state index contributed by atoms with van der Waals surface area (Å²) in [5.74, 6) is 2.04. The van der Waals surface area contributed by atoms with E-state index in [1.165, 1.54) is 0 Å². The summed E-state index contributed by atoms with van der Waals surface area (Å²) in [5, 5.41) is 21.7. The van der Waals surface area contributed by atoms with Gasteiger partial charge in [0.25, 0.3) is 0 Å². The number of aliphatic hydroxyl groups is 2. The molecule has 1 fully saturated rings. The van der Waals surface area contributed by atoms with Gasteiger partial charge < -0.3 is 20.4 Å². The molecule has 0 aliphatic carbocycles. The van der Waals surface area contributed by atoms with Gasteiger partial charge in [-0.05, 0) is 31.6 Å². The predicted molar refractivity (Wildman–Crippen MR) is 83.5 cm³/mol. The van der Waals surface area contributed by atoms with Gasteiger partial charge in [0.15, 0.2) is 0 Å². The molecule has 1 aromatic heterocycles. The number of nitrogens with one attached hydrogen (secondary N) is 1. The lowest BCUT2D eigenvalue weighted by Crippen LogP contribution is -2.37. The van der Waals surface area contributed by atoms with Crippen molar-refractivity contribution in [3.8, 4) is 0 Å². The first-order valence-electron chi connectivity index (χ1n) is 7.82. The number of rotatable bonds is 7.